The minimum Gasteiger partial charge on any atom is -0.497 e. The summed E-state index contributed by atoms with van der Waals surface area (Å²) >= 11 is 0. The molecule has 0 aromatic heterocycles. The number of hydrogen-bond acceptors (Lipinski definition) is 5. The van der Waals surface area contributed by atoms with Crippen molar-refractivity contribution in [3.05, 3.63) is 54.1 Å². The highest BCUT2D eigenvalue weighted by Gasteiger charge is 2.25. The molecule has 1 heterocycles. The van der Waals surface area contributed by atoms with Crippen molar-refractivity contribution in [2.45, 2.75) is 12.8 Å². The molecule has 0 atom stereocenters. The SMILES string of the molecule is COc1ccc(CCOC(=O)CN2C(=O)CCOc3ccccc32)cc1. The molecule has 3 rings (SSSR count). The van der Waals surface area contributed by atoms with Gasteiger partial charge < -0.3 is 14.2 Å². The molecule has 6 heteroatoms. The van der Waals surface area contributed by atoms with E-state index in [1.807, 2.05) is 36.4 Å². The van der Waals surface area contributed by atoms with Crippen molar-refractivity contribution in [1.29, 1.82) is 0 Å². The number of hydrogen-bond donors (Lipinski definition) is 0. The number of nitrogens with zero attached hydrogens (tertiary/aromatic N) is 1. The zero-order valence-corrected chi connectivity index (χ0v) is 14.6. The van der Waals surface area contributed by atoms with Gasteiger partial charge in [0.25, 0.3) is 0 Å². The number of carbonyl (C=O) groups excluding carboxylic acids is 2. The first kappa shape index (κ1) is 17.8. The third kappa shape index (κ3) is 4.33. The lowest BCUT2D eigenvalue weighted by Gasteiger charge is -2.20. The standard InChI is InChI=1S/C20H21NO5/c1-24-16-8-6-15(7-9-16)10-12-26-20(23)14-21-17-4-2-3-5-18(17)25-13-11-19(21)22/h2-9H,10-14H2,1H3. The quantitative estimate of drug-likeness (QED) is 0.745. The van der Waals surface area contributed by atoms with Crippen molar-refractivity contribution in [3.63, 3.8) is 0 Å². The average Bonchev–Trinajstić information content (AvgIpc) is 2.82. The first-order valence-electron chi connectivity index (χ1n) is 8.48. The fourth-order valence-corrected chi connectivity index (χ4v) is 2.74. The van der Waals surface area contributed by atoms with Crippen LogP contribution in [0.3, 0.4) is 0 Å². The van der Waals surface area contributed by atoms with Crippen LogP contribution in [0, 0.1) is 0 Å². The summed E-state index contributed by atoms with van der Waals surface area (Å²) in [5.74, 6) is 0.793. The summed E-state index contributed by atoms with van der Waals surface area (Å²) < 4.78 is 16.0. The van der Waals surface area contributed by atoms with Gasteiger partial charge in [-0.1, -0.05) is 24.3 Å². The summed E-state index contributed by atoms with van der Waals surface area (Å²) in [5.41, 5.74) is 1.64. The Morgan fingerprint density at radius 3 is 2.69 bits per heavy atom. The van der Waals surface area contributed by atoms with Crippen molar-refractivity contribution in [2.24, 2.45) is 0 Å². The van der Waals surface area contributed by atoms with Crippen LogP contribution in [0.15, 0.2) is 48.5 Å². The molecular weight excluding hydrogens is 334 g/mol. The van der Waals surface area contributed by atoms with Crippen molar-refractivity contribution in [3.8, 4) is 11.5 Å². The fraction of sp³-hybridized carbons (Fsp3) is 0.300. The van der Waals surface area contributed by atoms with Gasteiger partial charge in [-0.2, -0.15) is 0 Å². The molecule has 1 amide bonds. The van der Waals surface area contributed by atoms with Gasteiger partial charge in [0.1, 0.15) is 18.0 Å². The van der Waals surface area contributed by atoms with E-state index in [-0.39, 0.29) is 25.5 Å². The van der Waals surface area contributed by atoms with Crippen molar-refractivity contribution in [1.82, 2.24) is 0 Å². The van der Waals surface area contributed by atoms with E-state index in [9.17, 15) is 9.59 Å². The summed E-state index contributed by atoms with van der Waals surface area (Å²) in [7, 11) is 1.62. The second-order valence-corrected chi connectivity index (χ2v) is 5.86. The van der Waals surface area contributed by atoms with E-state index >= 15 is 0 Å². The van der Waals surface area contributed by atoms with Crippen LogP contribution in [0.1, 0.15) is 12.0 Å². The molecule has 0 spiro atoms. The van der Waals surface area contributed by atoms with Crippen LogP contribution < -0.4 is 14.4 Å². The van der Waals surface area contributed by atoms with Crippen LogP contribution >= 0.6 is 0 Å². The summed E-state index contributed by atoms with van der Waals surface area (Å²) in [4.78, 5) is 25.9. The van der Waals surface area contributed by atoms with Gasteiger partial charge >= 0.3 is 5.97 Å². The van der Waals surface area contributed by atoms with Crippen molar-refractivity contribution >= 4 is 17.6 Å². The number of para-hydroxylation sites is 2. The van der Waals surface area contributed by atoms with Gasteiger partial charge in [-0.25, -0.2) is 0 Å². The second kappa shape index (κ2) is 8.38. The van der Waals surface area contributed by atoms with Crippen LogP contribution in [0.4, 0.5) is 5.69 Å². The Bertz CT molecular complexity index is 772. The smallest absolute Gasteiger partial charge is 0.326 e. The Morgan fingerprint density at radius 2 is 1.92 bits per heavy atom. The molecular formula is C20H21NO5. The predicted octanol–water partition coefficient (Wildman–Crippen LogP) is 2.60. The molecule has 2 aromatic carbocycles. The van der Waals surface area contributed by atoms with Gasteiger partial charge in [0.05, 0.1) is 32.4 Å². The van der Waals surface area contributed by atoms with Crippen LogP contribution in [-0.4, -0.2) is 38.7 Å². The van der Waals surface area contributed by atoms with Crippen molar-refractivity contribution in [2.75, 3.05) is 31.8 Å². The minimum atomic E-state index is -0.441. The molecule has 0 unspecified atom stereocenters. The zero-order valence-electron chi connectivity index (χ0n) is 14.6. The van der Waals surface area contributed by atoms with Crippen LogP contribution in [0.5, 0.6) is 11.5 Å². The summed E-state index contributed by atoms with van der Waals surface area (Å²) in [5, 5.41) is 0. The summed E-state index contributed by atoms with van der Waals surface area (Å²) in [6.07, 6.45) is 0.831. The Hall–Kier alpha value is -3.02. The molecule has 1 aliphatic rings. The van der Waals surface area contributed by atoms with E-state index in [2.05, 4.69) is 0 Å². The lowest BCUT2D eigenvalue weighted by atomic mass is 10.1. The van der Waals surface area contributed by atoms with Crippen molar-refractivity contribution < 1.29 is 23.8 Å². The monoisotopic (exact) mass is 355 g/mol. The van der Waals surface area contributed by atoms with E-state index < -0.39 is 5.97 Å². The highest BCUT2D eigenvalue weighted by molar-refractivity contribution is 5.99. The molecule has 2 aromatic rings. The van der Waals surface area contributed by atoms with Gasteiger partial charge in [-0.3, -0.25) is 14.5 Å². The molecule has 0 fully saturated rings. The van der Waals surface area contributed by atoms with Crippen LogP contribution in [0.25, 0.3) is 0 Å². The van der Waals surface area contributed by atoms with E-state index in [0.717, 1.165) is 11.3 Å². The predicted molar refractivity (Wildman–Crippen MR) is 96.6 cm³/mol. The number of esters is 1. The molecule has 0 radical (unpaired) electrons. The maximum absolute atomic E-state index is 12.3. The van der Waals surface area contributed by atoms with E-state index in [4.69, 9.17) is 14.2 Å². The number of benzene rings is 2. The van der Waals surface area contributed by atoms with Gasteiger partial charge in [0, 0.05) is 6.42 Å². The molecule has 26 heavy (non-hydrogen) atoms. The van der Waals surface area contributed by atoms with E-state index in [0.29, 0.717) is 24.5 Å². The number of fused-ring (bicyclic) bond motifs is 1. The molecule has 0 aliphatic carbocycles. The maximum Gasteiger partial charge on any atom is 0.326 e. The Balaban J connectivity index is 1.56. The summed E-state index contributed by atoms with van der Waals surface area (Å²) in [6, 6.07) is 14.8. The largest absolute Gasteiger partial charge is 0.497 e. The molecule has 0 saturated carbocycles. The summed E-state index contributed by atoms with van der Waals surface area (Å²) in [6.45, 7) is 0.437. The highest BCUT2D eigenvalue weighted by atomic mass is 16.5. The number of ether oxygens (including phenoxy) is 3. The lowest BCUT2D eigenvalue weighted by Crippen LogP contribution is -2.36. The normalized spacial score (nSPS) is 13.4. The Morgan fingerprint density at radius 1 is 1.15 bits per heavy atom. The van der Waals surface area contributed by atoms with Gasteiger partial charge in [-0.15, -0.1) is 0 Å². The van der Waals surface area contributed by atoms with Crippen LogP contribution in [0.2, 0.25) is 0 Å². The molecule has 0 N–H and O–H groups in total. The minimum absolute atomic E-state index is 0.123. The third-order valence-electron chi connectivity index (χ3n) is 4.13. The Kier molecular flexibility index (Phi) is 5.73. The molecule has 6 nitrogen and oxygen atoms in total. The Labute approximate surface area is 152 Å². The maximum atomic E-state index is 12.3. The molecule has 1 aliphatic heterocycles. The topological polar surface area (TPSA) is 65.1 Å². The van der Waals surface area contributed by atoms with Gasteiger partial charge in [0.2, 0.25) is 5.91 Å². The first-order chi connectivity index (χ1) is 12.7. The zero-order chi connectivity index (χ0) is 18.4. The molecule has 0 saturated heterocycles. The number of rotatable bonds is 6. The highest BCUT2D eigenvalue weighted by Crippen LogP contribution is 2.30. The number of amides is 1. The molecule has 0 bridgehead atoms. The molecule has 136 valence electrons. The third-order valence-corrected chi connectivity index (χ3v) is 4.13. The number of methoxy groups -OCH3 is 1. The average molecular weight is 355 g/mol. The van der Waals surface area contributed by atoms with Gasteiger partial charge in [0.15, 0.2) is 0 Å². The van der Waals surface area contributed by atoms with E-state index in [1.54, 1.807) is 19.2 Å². The number of carbonyl (C=O) groups is 2. The lowest BCUT2D eigenvalue weighted by molar-refractivity contribution is -0.142. The first-order valence-corrected chi connectivity index (χ1v) is 8.48. The number of anilines is 1. The fourth-order valence-electron chi connectivity index (χ4n) is 2.74. The second-order valence-electron chi connectivity index (χ2n) is 5.86. The van der Waals surface area contributed by atoms with Crippen LogP contribution in [-0.2, 0) is 20.7 Å². The van der Waals surface area contributed by atoms with E-state index in [1.165, 1.54) is 4.90 Å². The van der Waals surface area contributed by atoms with Gasteiger partial charge in [-0.05, 0) is 29.8 Å².